The minimum absolute atomic E-state index is 0.311. The fourth-order valence-electron chi connectivity index (χ4n) is 1.22. The molecule has 0 unspecified atom stereocenters. The molecule has 0 heterocycles. The smallest absolute Gasteiger partial charge is 0.304 e. The molecule has 0 atom stereocenters. The van der Waals surface area contributed by atoms with Crippen LogP contribution in [0.3, 0.4) is 0 Å². The first-order valence-electron chi connectivity index (χ1n) is 4.91. The van der Waals surface area contributed by atoms with Crippen LogP contribution in [0.2, 0.25) is 0 Å². The summed E-state index contributed by atoms with van der Waals surface area (Å²) < 4.78 is 22.9. The average Bonchev–Trinajstić information content (AvgIpc) is 2.27. The molecule has 1 aromatic carbocycles. The zero-order chi connectivity index (χ0) is 12.9. The quantitative estimate of drug-likeness (QED) is 0.759. The molecule has 0 aliphatic carbocycles. The molecule has 1 aromatic rings. The number of carbonyl (C=O) groups excluding carboxylic acids is 1. The summed E-state index contributed by atoms with van der Waals surface area (Å²) in [6, 6.07) is 8.04. The monoisotopic (exact) mass is 256 g/mol. The first kappa shape index (κ1) is 13.4. The van der Waals surface area contributed by atoms with Crippen molar-refractivity contribution < 1.29 is 23.1 Å². The minimum atomic E-state index is -3.65. The third-order valence-electron chi connectivity index (χ3n) is 2.07. The van der Waals surface area contributed by atoms with Gasteiger partial charge in [0.1, 0.15) is 5.75 Å². The molecule has 0 aliphatic rings. The highest BCUT2D eigenvalue weighted by molar-refractivity contribution is 7.92. The van der Waals surface area contributed by atoms with Crippen molar-refractivity contribution in [3.63, 3.8) is 0 Å². The van der Waals surface area contributed by atoms with Crippen molar-refractivity contribution in [3.8, 4) is 0 Å². The Labute approximate surface area is 99.0 Å². The predicted octanol–water partition coefficient (Wildman–Crippen LogP) is 0.759. The summed E-state index contributed by atoms with van der Waals surface area (Å²) in [5.41, 5.74) is 0.311. The highest BCUT2D eigenvalue weighted by atomic mass is 32.2. The topological polar surface area (TPSA) is 88.5 Å². The molecule has 0 fully saturated rings. The maximum absolute atomic E-state index is 11.6. The molecule has 1 N–H and O–H groups in total. The number of sulfone groups is 1. The van der Waals surface area contributed by atoms with Crippen LogP contribution in [-0.2, 0) is 14.6 Å². The van der Waals surface area contributed by atoms with E-state index in [4.69, 9.17) is 5.11 Å². The molecule has 17 heavy (non-hydrogen) atoms. The van der Waals surface area contributed by atoms with Gasteiger partial charge in [-0.1, -0.05) is 30.3 Å². The van der Waals surface area contributed by atoms with Gasteiger partial charge in [0.25, 0.3) is 0 Å². The number of hydrogen-bond donors (Lipinski definition) is 1. The Morgan fingerprint density at radius 2 is 1.71 bits per heavy atom. The predicted molar refractivity (Wildman–Crippen MR) is 61.7 cm³/mol. The lowest BCUT2D eigenvalue weighted by Crippen LogP contribution is -2.20. The third kappa shape index (κ3) is 4.78. The normalized spacial score (nSPS) is 11.1. The zero-order valence-electron chi connectivity index (χ0n) is 9.00. The van der Waals surface area contributed by atoms with Crippen molar-refractivity contribution in [2.24, 2.45) is 0 Å². The lowest BCUT2D eigenvalue weighted by Gasteiger charge is -2.02. The van der Waals surface area contributed by atoms with E-state index in [-0.39, 0.29) is 0 Å². The van der Waals surface area contributed by atoms with Gasteiger partial charge in [-0.3, -0.25) is 9.59 Å². The summed E-state index contributed by atoms with van der Waals surface area (Å²) in [5.74, 6) is -2.87. The number of ketones is 1. The molecular weight excluding hydrogens is 244 g/mol. The van der Waals surface area contributed by atoms with Crippen molar-refractivity contribution in [3.05, 3.63) is 35.9 Å². The second-order valence-corrected chi connectivity index (χ2v) is 5.71. The molecule has 0 aliphatic heterocycles. The van der Waals surface area contributed by atoms with Gasteiger partial charge < -0.3 is 5.11 Å². The Morgan fingerprint density at radius 1 is 1.12 bits per heavy atom. The van der Waals surface area contributed by atoms with Crippen LogP contribution in [0.4, 0.5) is 0 Å². The molecular formula is C11H12O5S. The van der Waals surface area contributed by atoms with Crippen molar-refractivity contribution in [1.29, 1.82) is 0 Å². The van der Waals surface area contributed by atoms with E-state index in [0.717, 1.165) is 0 Å². The summed E-state index contributed by atoms with van der Waals surface area (Å²) >= 11 is 0. The number of Topliss-reactive ketones (excluding diaryl/α,β-unsaturated/α-hetero) is 1. The SMILES string of the molecule is O=C(O)CCS(=O)(=O)CC(=O)c1ccccc1. The van der Waals surface area contributed by atoms with Gasteiger partial charge in [-0.25, -0.2) is 8.42 Å². The van der Waals surface area contributed by atoms with E-state index in [2.05, 4.69) is 0 Å². The number of carbonyl (C=O) groups is 2. The first-order chi connectivity index (χ1) is 7.91. The molecule has 0 spiro atoms. The maximum Gasteiger partial charge on any atom is 0.304 e. The van der Waals surface area contributed by atoms with Crippen molar-refractivity contribution in [1.82, 2.24) is 0 Å². The summed E-state index contributed by atoms with van der Waals surface area (Å²) in [4.78, 5) is 21.8. The fraction of sp³-hybridized carbons (Fsp3) is 0.273. The van der Waals surface area contributed by atoms with Gasteiger partial charge in [0.2, 0.25) is 0 Å². The number of benzene rings is 1. The van der Waals surface area contributed by atoms with Crippen LogP contribution in [0.1, 0.15) is 16.8 Å². The molecule has 0 amide bonds. The lowest BCUT2D eigenvalue weighted by molar-refractivity contribution is -0.136. The number of rotatable bonds is 6. The second-order valence-electron chi connectivity index (χ2n) is 3.52. The summed E-state index contributed by atoms with van der Waals surface area (Å²) in [6.45, 7) is 0. The van der Waals surface area contributed by atoms with Crippen LogP contribution in [-0.4, -0.2) is 36.8 Å². The number of hydrogen-bond acceptors (Lipinski definition) is 4. The Hall–Kier alpha value is -1.69. The van der Waals surface area contributed by atoms with E-state index in [9.17, 15) is 18.0 Å². The van der Waals surface area contributed by atoms with Gasteiger partial charge in [0.15, 0.2) is 15.6 Å². The van der Waals surface area contributed by atoms with Crippen LogP contribution in [0.25, 0.3) is 0 Å². The number of carboxylic acid groups (broad SMARTS) is 1. The van der Waals surface area contributed by atoms with E-state index in [1.165, 1.54) is 12.1 Å². The Balaban J connectivity index is 2.66. The molecule has 0 saturated heterocycles. The Morgan fingerprint density at radius 3 is 2.24 bits per heavy atom. The van der Waals surface area contributed by atoms with Gasteiger partial charge in [0.05, 0.1) is 12.2 Å². The lowest BCUT2D eigenvalue weighted by atomic mass is 10.2. The molecule has 0 aromatic heterocycles. The highest BCUT2D eigenvalue weighted by Gasteiger charge is 2.18. The van der Waals surface area contributed by atoms with E-state index in [1.807, 2.05) is 0 Å². The number of carboxylic acids is 1. The fourth-order valence-corrected chi connectivity index (χ4v) is 2.42. The van der Waals surface area contributed by atoms with Gasteiger partial charge >= 0.3 is 5.97 Å². The average molecular weight is 256 g/mol. The Bertz CT molecular complexity index is 504. The van der Waals surface area contributed by atoms with Crippen LogP contribution in [0.15, 0.2) is 30.3 Å². The second kappa shape index (κ2) is 5.58. The maximum atomic E-state index is 11.6. The van der Waals surface area contributed by atoms with Crippen LogP contribution < -0.4 is 0 Å². The van der Waals surface area contributed by atoms with Crippen molar-refractivity contribution in [2.45, 2.75) is 6.42 Å². The van der Waals surface area contributed by atoms with Gasteiger partial charge in [-0.2, -0.15) is 0 Å². The van der Waals surface area contributed by atoms with Gasteiger partial charge in [0, 0.05) is 5.56 Å². The molecule has 92 valence electrons. The summed E-state index contributed by atoms with van der Waals surface area (Å²) in [6.07, 6.45) is -0.482. The standard InChI is InChI=1S/C11H12O5S/c12-10(9-4-2-1-3-5-9)8-17(15,16)7-6-11(13)14/h1-5H,6-8H2,(H,13,14). The molecule has 5 nitrogen and oxygen atoms in total. The molecule has 0 bridgehead atoms. The van der Waals surface area contributed by atoms with Crippen LogP contribution >= 0.6 is 0 Å². The number of aliphatic carboxylic acids is 1. The van der Waals surface area contributed by atoms with Crippen molar-refractivity contribution >= 4 is 21.6 Å². The third-order valence-corrected chi connectivity index (χ3v) is 3.60. The summed E-state index contributed by atoms with van der Waals surface area (Å²) in [7, 11) is -3.65. The Kier molecular flexibility index (Phi) is 4.39. The van der Waals surface area contributed by atoms with E-state index >= 15 is 0 Å². The largest absolute Gasteiger partial charge is 0.481 e. The van der Waals surface area contributed by atoms with Crippen molar-refractivity contribution in [2.75, 3.05) is 11.5 Å². The van der Waals surface area contributed by atoms with E-state index < -0.39 is 39.5 Å². The van der Waals surface area contributed by atoms with Crippen LogP contribution in [0, 0.1) is 0 Å². The first-order valence-corrected chi connectivity index (χ1v) is 6.73. The summed E-state index contributed by atoms with van der Waals surface area (Å²) in [5, 5.41) is 8.38. The zero-order valence-corrected chi connectivity index (χ0v) is 9.81. The van der Waals surface area contributed by atoms with E-state index in [0.29, 0.717) is 5.56 Å². The van der Waals surface area contributed by atoms with Gasteiger partial charge in [-0.15, -0.1) is 0 Å². The molecule has 1 rings (SSSR count). The van der Waals surface area contributed by atoms with Gasteiger partial charge in [-0.05, 0) is 0 Å². The minimum Gasteiger partial charge on any atom is -0.481 e. The molecule has 6 heteroatoms. The molecule has 0 saturated carbocycles. The molecule has 0 radical (unpaired) electrons. The van der Waals surface area contributed by atoms with E-state index in [1.54, 1.807) is 18.2 Å². The van der Waals surface area contributed by atoms with Crippen LogP contribution in [0.5, 0.6) is 0 Å². The highest BCUT2D eigenvalue weighted by Crippen LogP contribution is 2.04.